The lowest BCUT2D eigenvalue weighted by Crippen LogP contribution is -2.55. The van der Waals surface area contributed by atoms with Crippen LogP contribution in [-0.2, 0) is 25.9 Å². The van der Waals surface area contributed by atoms with Gasteiger partial charge in [-0.1, -0.05) is 31.2 Å². The number of carbonyl (C=O) groups excluding carboxylic acids is 1. The van der Waals surface area contributed by atoms with Crippen molar-refractivity contribution in [1.82, 2.24) is 24.5 Å². The Morgan fingerprint density at radius 2 is 1.84 bits per heavy atom. The van der Waals surface area contributed by atoms with E-state index >= 15 is 0 Å². The lowest BCUT2D eigenvalue weighted by atomic mass is 9.59. The predicted molar refractivity (Wildman–Crippen MR) is 275 cm³/mol. The molecule has 19 heteroatoms. The minimum atomic E-state index is -4.69. The molecule has 5 aromatic rings. The van der Waals surface area contributed by atoms with Gasteiger partial charge in [0.05, 0.1) is 53.0 Å². The number of hydrogen-bond donors (Lipinski definition) is 3. The molecule has 6 fully saturated rings. The number of benzene rings is 3. The Balaban J connectivity index is 0.787. The van der Waals surface area contributed by atoms with Gasteiger partial charge in [-0.15, -0.1) is 0 Å². The van der Waals surface area contributed by atoms with E-state index in [1.165, 1.54) is 42.9 Å². The first kappa shape index (κ1) is 46.8. The molecule has 8 aliphatic rings. The first-order chi connectivity index (χ1) is 35.5. The van der Waals surface area contributed by atoms with Crippen LogP contribution in [0.2, 0.25) is 0 Å². The van der Waals surface area contributed by atoms with E-state index < -0.39 is 31.4 Å². The summed E-state index contributed by atoms with van der Waals surface area (Å²) in [6.07, 6.45) is 11.5. The van der Waals surface area contributed by atoms with Gasteiger partial charge in [-0.25, -0.2) is 13.1 Å². The number of aryl methyl sites for hydroxylation is 1. The van der Waals surface area contributed by atoms with E-state index in [-0.39, 0.29) is 53.2 Å². The number of amides is 1. The minimum absolute atomic E-state index is 0.0299. The molecule has 73 heavy (non-hydrogen) atoms. The Bertz CT molecular complexity index is 3080. The third-order valence-corrected chi connectivity index (χ3v) is 18.8. The third-order valence-electron chi connectivity index (χ3n) is 17.5. The molecular formula is C54H63N9O9S. The summed E-state index contributed by atoms with van der Waals surface area (Å²) in [5.41, 5.74) is 5.73. The zero-order valence-corrected chi connectivity index (χ0v) is 42.0. The van der Waals surface area contributed by atoms with Gasteiger partial charge in [0.15, 0.2) is 11.4 Å². The number of pyridine rings is 1. The molecule has 9 heterocycles. The van der Waals surface area contributed by atoms with Gasteiger partial charge in [-0.3, -0.25) is 24.7 Å². The molecule has 2 aromatic heterocycles. The molecule has 0 unspecified atom stereocenters. The van der Waals surface area contributed by atoms with E-state index in [1.54, 1.807) is 6.07 Å². The first-order valence-electron chi connectivity index (χ1n) is 26.4. The lowest BCUT2D eigenvalue weighted by Gasteiger charge is -2.56. The number of sulfonamides is 1. The van der Waals surface area contributed by atoms with Gasteiger partial charge in [-0.2, -0.15) is 4.98 Å². The molecule has 7 aliphatic heterocycles. The Kier molecular flexibility index (Phi) is 11.8. The number of nitro groups is 1. The molecule has 2 bridgehead atoms. The number of morpholine rings is 1. The summed E-state index contributed by atoms with van der Waals surface area (Å²) in [6, 6.07) is 21.9. The summed E-state index contributed by atoms with van der Waals surface area (Å²) in [5, 5.41) is 16.7. The van der Waals surface area contributed by atoms with Gasteiger partial charge in [0.1, 0.15) is 24.0 Å². The van der Waals surface area contributed by atoms with Crippen LogP contribution < -0.4 is 29.3 Å². The summed E-state index contributed by atoms with van der Waals surface area (Å²) < 4.78 is 55.6. The number of hydrogen-bond acceptors (Lipinski definition) is 15. The Morgan fingerprint density at radius 3 is 2.64 bits per heavy atom. The fourth-order valence-corrected chi connectivity index (χ4v) is 14.6. The van der Waals surface area contributed by atoms with Gasteiger partial charge in [0, 0.05) is 92.6 Å². The number of nitrogens with one attached hydrogen (secondary N) is 3. The standard InChI is InChI=1S/C54H63N9O9S/c1-2-33-6-3-4-7-42(33)44-8-5-16-61(44)39-25-54(26-39)13-17-59(18-14-54)37-9-10-43(45(22-37)62-27-35-30-69-19-12-48(35)72-53-47(62)20-34-11-15-55-51(34)57-53)52(64)58-73(67,68)41-23-46(63(65)66)50-49(24-41)71-31-36(56-50)28-60-29-40-21-38(60)32-70-40/h3-4,6-7,9-11,15,20,22-24,35-36,38-40,44,48,56H,2,5,8,12-14,16-19,21,25-32H2,1H3,(H,55,57)(H,58,64)/t35-,36+,38-,40-,44+,48+/m1/s1. The largest absolute Gasteiger partial charge is 0.489 e. The van der Waals surface area contributed by atoms with Crippen molar-refractivity contribution < 1.29 is 37.1 Å². The second-order valence-electron chi connectivity index (χ2n) is 21.8. The van der Waals surface area contributed by atoms with E-state index in [4.69, 9.17) is 23.9 Å². The molecule has 13 rings (SSSR count). The lowest BCUT2D eigenvalue weighted by molar-refractivity contribution is -0.384. The fourth-order valence-electron chi connectivity index (χ4n) is 13.6. The van der Waals surface area contributed by atoms with Crippen LogP contribution in [0, 0.1) is 21.4 Å². The molecule has 1 amide bonds. The van der Waals surface area contributed by atoms with Gasteiger partial charge in [0.2, 0.25) is 5.88 Å². The zero-order valence-electron chi connectivity index (χ0n) is 41.2. The highest BCUT2D eigenvalue weighted by Gasteiger charge is 2.50. The average molecular weight is 1010 g/mol. The van der Waals surface area contributed by atoms with Crippen molar-refractivity contribution in [3.05, 3.63) is 99.7 Å². The SMILES string of the molecule is CCc1ccccc1[C@@H]1CCCN1C1CC2(CCN(c3ccc(C(=O)NS(=O)(=O)c4cc5c(c([N+](=O)[O-])c4)N[C@@H](CN4C[C@H]6C[C@@H]4CO6)CO5)c(N4C[C@@H]5COCC[C@@H]5Oc5nc6[nH]ccc6cc54)c3)CC2)C1. The molecule has 1 spiro atoms. The van der Waals surface area contributed by atoms with E-state index in [0.717, 1.165) is 69.0 Å². The number of fused-ring (bicyclic) bond motifs is 6. The van der Waals surface area contributed by atoms with Gasteiger partial charge in [-0.05, 0) is 105 Å². The van der Waals surface area contributed by atoms with Crippen LogP contribution >= 0.6 is 0 Å². The molecule has 6 atom stereocenters. The predicted octanol–water partition coefficient (Wildman–Crippen LogP) is 7.32. The number of rotatable bonds is 11. The first-order valence-corrected chi connectivity index (χ1v) is 27.8. The highest BCUT2D eigenvalue weighted by molar-refractivity contribution is 7.90. The van der Waals surface area contributed by atoms with Crippen molar-refractivity contribution in [2.24, 2.45) is 11.3 Å². The van der Waals surface area contributed by atoms with Crippen LogP contribution in [0.5, 0.6) is 11.6 Å². The zero-order chi connectivity index (χ0) is 49.6. The van der Waals surface area contributed by atoms with E-state index in [1.807, 2.05) is 35.4 Å². The monoisotopic (exact) mass is 1010 g/mol. The second-order valence-corrected chi connectivity index (χ2v) is 23.5. The van der Waals surface area contributed by atoms with Gasteiger partial charge < -0.3 is 39.0 Å². The van der Waals surface area contributed by atoms with Crippen molar-refractivity contribution in [3.63, 3.8) is 0 Å². The van der Waals surface area contributed by atoms with E-state index in [9.17, 15) is 23.3 Å². The third kappa shape index (κ3) is 8.54. The van der Waals surface area contributed by atoms with Crippen molar-refractivity contribution >= 4 is 55.4 Å². The molecule has 384 valence electrons. The number of nitrogens with zero attached hydrogens (tertiary/aromatic N) is 6. The summed E-state index contributed by atoms with van der Waals surface area (Å²) in [6.45, 7) is 8.71. The van der Waals surface area contributed by atoms with Crippen molar-refractivity contribution in [1.29, 1.82) is 0 Å². The average Bonchev–Trinajstić information content (AvgIpc) is 4.23. The Labute approximate surface area is 424 Å². The van der Waals surface area contributed by atoms with Crippen molar-refractivity contribution in [2.75, 3.05) is 80.8 Å². The summed E-state index contributed by atoms with van der Waals surface area (Å²) in [4.78, 5) is 44.0. The number of carbonyl (C=O) groups is 1. The maximum atomic E-state index is 14.8. The van der Waals surface area contributed by atoms with Crippen LogP contribution in [0.4, 0.5) is 28.4 Å². The smallest absolute Gasteiger partial charge is 0.297 e. The number of nitro benzene ring substituents is 1. The summed E-state index contributed by atoms with van der Waals surface area (Å²) in [7, 11) is -4.69. The number of likely N-dealkylation sites (tertiary alicyclic amines) is 2. The van der Waals surface area contributed by atoms with Gasteiger partial charge in [0.25, 0.3) is 21.6 Å². The van der Waals surface area contributed by atoms with E-state index in [0.29, 0.717) is 80.4 Å². The molecule has 1 saturated carbocycles. The highest BCUT2D eigenvalue weighted by Crippen LogP contribution is 2.54. The molecular weight excluding hydrogens is 951 g/mol. The fraction of sp³-hybridized carbons (Fsp3) is 0.519. The van der Waals surface area contributed by atoms with Crippen LogP contribution in [0.25, 0.3) is 11.0 Å². The van der Waals surface area contributed by atoms with Crippen LogP contribution in [0.15, 0.2) is 77.8 Å². The highest BCUT2D eigenvalue weighted by atomic mass is 32.2. The van der Waals surface area contributed by atoms with E-state index in [2.05, 4.69) is 60.9 Å². The molecule has 1 aliphatic carbocycles. The van der Waals surface area contributed by atoms with Gasteiger partial charge >= 0.3 is 0 Å². The molecule has 3 N–H and O–H groups in total. The number of aromatic amines is 1. The van der Waals surface area contributed by atoms with Crippen LogP contribution in [0.1, 0.15) is 85.8 Å². The normalized spacial score (nSPS) is 26.8. The maximum absolute atomic E-state index is 14.8. The Morgan fingerprint density at radius 1 is 0.973 bits per heavy atom. The van der Waals surface area contributed by atoms with Crippen LogP contribution in [0.3, 0.4) is 0 Å². The van der Waals surface area contributed by atoms with Crippen molar-refractivity contribution in [3.8, 4) is 11.6 Å². The summed E-state index contributed by atoms with van der Waals surface area (Å²) >= 11 is 0. The molecule has 0 radical (unpaired) electrons. The van der Waals surface area contributed by atoms with Crippen LogP contribution in [-0.4, -0.2) is 135 Å². The minimum Gasteiger partial charge on any atom is -0.489 e. The Hall–Kier alpha value is -5.99. The topological polar surface area (TPSA) is 197 Å². The number of anilines is 4. The maximum Gasteiger partial charge on any atom is 0.297 e. The van der Waals surface area contributed by atoms with Crippen molar-refractivity contribution in [2.45, 2.75) is 106 Å². The molecule has 5 saturated heterocycles. The number of H-pyrrole nitrogens is 1. The second kappa shape index (κ2) is 18.4. The number of piperidine rings is 1. The number of aromatic nitrogens is 2. The quantitative estimate of drug-likeness (QED) is 0.0879. The molecule has 3 aromatic carbocycles. The molecule has 18 nitrogen and oxygen atoms in total. The summed E-state index contributed by atoms with van der Waals surface area (Å²) in [5.74, 6) is -0.545. The number of ether oxygens (including phenoxy) is 4.